The van der Waals surface area contributed by atoms with E-state index in [1.165, 1.54) is 4.90 Å². The van der Waals surface area contributed by atoms with Crippen molar-refractivity contribution in [3.8, 4) is 11.1 Å². The zero-order chi connectivity index (χ0) is 28.9. The fraction of sp³-hybridized carbons (Fsp3) is 0.360. The van der Waals surface area contributed by atoms with E-state index < -0.39 is 47.8 Å². The summed E-state index contributed by atoms with van der Waals surface area (Å²) in [5, 5.41) is 10.4. The van der Waals surface area contributed by atoms with Crippen LogP contribution in [0.1, 0.15) is 42.8 Å². The first-order valence-corrected chi connectivity index (χ1v) is 16.3. The predicted molar refractivity (Wildman–Crippen MR) is 149 cm³/mol. The van der Waals surface area contributed by atoms with Crippen LogP contribution in [0.2, 0.25) is 0 Å². The highest BCUT2D eigenvalue weighted by molar-refractivity contribution is 7.92. The number of primary sulfonamides is 1. The average Bonchev–Trinajstić information content (AvgIpc) is 3.42. The van der Waals surface area contributed by atoms with Gasteiger partial charge in [0.05, 0.1) is 15.5 Å². The second-order valence-electron chi connectivity index (χ2n) is 10.4. The first kappa shape index (κ1) is 28.1. The lowest BCUT2D eigenvalue weighted by Crippen LogP contribution is -2.58. The lowest BCUT2D eigenvalue weighted by molar-refractivity contribution is 0.0138. The van der Waals surface area contributed by atoms with Gasteiger partial charge in [-0.2, -0.15) is 0 Å². The monoisotopic (exact) mass is 605 g/mol. The molecule has 0 saturated carbocycles. The van der Waals surface area contributed by atoms with Gasteiger partial charge in [-0.1, -0.05) is 36.4 Å². The number of nitrogens with zero attached hydrogens (tertiary/aromatic N) is 4. The quantitative estimate of drug-likeness (QED) is 0.329. The van der Waals surface area contributed by atoms with Gasteiger partial charge in [-0.15, -0.1) is 21.5 Å². The van der Waals surface area contributed by atoms with Crippen molar-refractivity contribution >= 4 is 47.5 Å². The van der Waals surface area contributed by atoms with Crippen molar-refractivity contribution in [2.75, 3.05) is 13.1 Å². The predicted octanol–water partition coefficient (Wildman–Crippen LogP) is 3.26. The molecule has 3 heterocycles. The lowest BCUT2D eigenvalue weighted by atomic mass is 10.1. The number of carbonyl (C=O) groups excluding carboxylic acids is 1. The molecule has 0 bridgehead atoms. The smallest absolute Gasteiger partial charge is 0.410 e. The second-order valence-corrected chi connectivity index (χ2v) is 15.4. The van der Waals surface area contributed by atoms with Crippen LogP contribution in [0.15, 0.2) is 52.9 Å². The van der Waals surface area contributed by atoms with Crippen LogP contribution in [-0.4, -0.2) is 67.0 Å². The standard InChI is InChI=1S/C25H27N5O7S3/c1-25(2,3)37-24(31)30-12-17(13-30)40(34,35)21(22-29-28-20(36-22)14-39(26,32)33)23-27-18-10-9-16(11-19(18)38-23)15-7-5-4-6-8-15/h4-11,17,21H,12-14H2,1-3H3,(H2,26,32,33). The van der Waals surface area contributed by atoms with Gasteiger partial charge in [0.1, 0.15) is 16.4 Å². The summed E-state index contributed by atoms with van der Waals surface area (Å²) in [4.78, 5) is 18.3. The van der Waals surface area contributed by atoms with E-state index in [1.807, 2.05) is 42.5 Å². The Kier molecular flexibility index (Phi) is 7.18. The van der Waals surface area contributed by atoms with E-state index in [0.717, 1.165) is 27.2 Å². The number of sulfonamides is 1. The molecule has 12 nitrogen and oxygen atoms in total. The van der Waals surface area contributed by atoms with Gasteiger partial charge < -0.3 is 14.1 Å². The molecule has 1 aliphatic heterocycles. The topological polar surface area (TPSA) is 176 Å². The molecule has 1 aliphatic rings. The Bertz CT molecular complexity index is 1770. The van der Waals surface area contributed by atoms with E-state index in [9.17, 15) is 21.6 Å². The third-order valence-corrected chi connectivity index (χ3v) is 10.3. The van der Waals surface area contributed by atoms with Gasteiger partial charge >= 0.3 is 6.09 Å². The van der Waals surface area contributed by atoms with Crippen LogP contribution in [0.25, 0.3) is 21.3 Å². The number of rotatable bonds is 7. The van der Waals surface area contributed by atoms with Gasteiger partial charge in [-0.05, 0) is 44.0 Å². The van der Waals surface area contributed by atoms with Gasteiger partial charge in [0.2, 0.25) is 21.8 Å². The summed E-state index contributed by atoms with van der Waals surface area (Å²) in [7, 11) is -8.10. The van der Waals surface area contributed by atoms with Crippen LogP contribution in [0.4, 0.5) is 4.79 Å². The van der Waals surface area contributed by atoms with Crippen LogP contribution in [-0.2, 0) is 30.4 Å². The average molecular weight is 606 g/mol. The molecule has 1 amide bonds. The van der Waals surface area contributed by atoms with Gasteiger partial charge in [0.15, 0.2) is 15.1 Å². The van der Waals surface area contributed by atoms with E-state index >= 15 is 0 Å². The van der Waals surface area contributed by atoms with Gasteiger partial charge in [-0.25, -0.2) is 31.8 Å². The minimum atomic E-state index is -4.10. The van der Waals surface area contributed by atoms with Gasteiger partial charge in [-0.3, -0.25) is 0 Å². The first-order valence-electron chi connectivity index (χ1n) is 12.2. The number of thiazole rings is 1. The molecule has 15 heteroatoms. The van der Waals surface area contributed by atoms with Crippen LogP contribution in [0, 0.1) is 0 Å². The van der Waals surface area contributed by atoms with Gasteiger partial charge in [0.25, 0.3) is 0 Å². The maximum Gasteiger partial charge on any atom is 0.410 e. The molecular weight excluding hydrogens is 579 g/mol. The largest absolute Gasteiger partial charge is 0.444 e. The molecule has 0 aliphatic carbocycles. The van der Waals surface area contributed by atoms with E-state index in [0.29, 0.717) is 5.52 Å². The minimum Gasteiger partial charge on any atom is -0.444 e. The highest BCUT2D eigenvalue weighted by Gasteiger charge is 2.48. The zero-order valence-corrected chi connectivity index (χ0v) is 24.3. The Morgan fingerprint density at radius 3 is 2.45 bits per heavy atom. The zero-order valence-electron chi connectivity index (χ0n) is 21.8. The number of hydrogen-bond donors (Lipinski definition) is 1. The number of benzene rings is 2. The Morgan fingerprint density at radius 2 is 1.80 bits per heavy atom. The molecular formula is C25H27N5O7S3. The Balaban J connectivity index is 1.51. The molecule has 2 aromatic carbocycles. The summed E-state index contributed by atoms with van der Waals surface area (Å²) < 4.78 is 62.6. The van der Waals surface area contributed by atoms with Crippen molar-refractivity contribution in [3.05, 3.63) is 65.3 Å². The highest BCUT2D eigenvalue weighted by Crippen LogP contribution is 2.40. The maximum absolute atomic E-state index is 13.9. The number of carbonyl (C=O) groups is 1. The van der Waals surface area contributed by atoms with Crippen LogP contribution < -0.4 is 5.14 Å². The molecule has 1 unspecified atom stereocenters. The summed E-state index contributed by atoms with van der Waals surface area (Å²) in [6.45, 7) is 4.99. The van der Waals surface area contributed by atoms with Crippen LogP contribution in [0.3, 0.4) is 0 Å². The summed E-state index contributed by atoms with van der Waals surface area (Å²) >= 11 is 1.16. The second kappa shape index (κ2) is 10.2. The van der Waals surface area contributed by atoms with Crippen LogP contribution in [0.5, 0.6) is 0 Å². The molecule has 4 aromatic rings. The van der Waals surface area contributed by atoms with E-state index in [4.69, 9.17) is 14.3 Å². The van der Waals surface area contributed by atoms with Crippen molar-refractivity contribution in [2.45, 2.75) is 42.6 Å². The van der Waals surface area contributed by atoms with Crippen LogP contribution >= 0.6 is 11.3 Å². The molecule has 2 aromatic heterocycles. The minimum absolute atomic E-state index is 0.0883. The van der Waals surface area contributed by atoms with Crippen molar-refractivity contribution in [3.63, 3.8) is 0 Å². The number of aromatic nitrogens is 3. The fourth-order valence-electron chi connectivity index (χ4n) is 4.17. The number of ether oxygens (including phenoxy) is 1. The third-order valence-electron chi connectivity index (χ3n) is 6.06. The normalized spacial score (nSPS) is 15.7. The first-order chi connectivity index (χ1) is 18.7. The molecule has 1 fully saturated rings. The van der Waals surface area contributed by atoms with Crippen molar-refractivity contribution < 1.29 is 30.8 Å². The Morgan fingerprint density at radius 1 is 1.10 bits per heavy atom. The number of nitrogens with two attached hydrogens (primary N) is 1. The number of hydrogen-bond acceptors (Lipinski definition) is 11. The molecule has 0 spiro atoms. The summed E-state index contributed by atoms with van der Waals surface area (Å²) in [5.41, 5.74) is 1.77. The summed E-state index contributed by atoms with van der Waals surface area (Å²) in [6.07, 6.45) is -0.614. The number of fused-ring (bicyclic) bond motifs is 1. The van der Waals surface area contributed by atoms with Crippen molar-refractivity contribution in [1.82, 2.24) is 20.1 Å². The third kappa shape index (κ3) is 6.01. The highest BCUT2D eigenvalue weighted by atomic mass is 32.2. The van der Waals surface area contributed by atoms with Crippen molar-refractivity contribution in [1.29, 1.82) is 0 Å². The van der Waals surface area contributed by atoms with E-state index in [2.05, 4.69) is 15.2 Å². The number of amides is 1. The molecule has 1 atom stereocenters. The summed E-state index contributed by atoms with van der Waals surface area (Å²) in [5.74, 6) is -1.41. The van der Waals surface area contributed by atoms with E-state index in [1.54, 1.807) is 26.8 Å². The summed E-state index contributed by atoms with van der Waals surface area (Å²) in [6, 6.07) is 15.3. The SMILES string of the molecule is CC(C)(C)OC(=O)N1CC(S(=O)(=O)C(c2nnc(CS(N)(=O)=O)o2)c2nc3ccc(-c4ccccc4)cc3s2)C1. The molecule has 40 heavy (non-hydrogen) atoms. The molecule has 212 valence electrons. The molecule has 1 saturated heterocycles. The molecule has 2 N–H and O–H groups in total. The van der Waals surface area contributed by atoms with E-state index in [-0.39, 0.29) is 29.9 Å². The van der Waals surface area contributed by atoms with Crippen molar-refractivity contribution in [2.24, 2.45) is 5.14 Å². The lowest BCUT2D eigenvalue weighted by Gasteiger charge is -2.39. The number of likely N-dealkylation sites (tertiary alicyclic amines) is 1. The van der Waals surface area contributed by atoms with Gasteiger partial charge in [0, 0.05) is 13.1 Å². The Hall–Kier alpha value is -3.40. The molecule has 0 radical (unpaired) electrons. The fourth-order valence-corrected chi connectivity index (χ4v) is 8.03. The molecule has 5 rings (SSSR count). The number of sulfone groups is 1. The Labute approximate surface area is 235 Å². The maximum atomic E-state index is 13.9.